The van der Waals surface area contributed by atoms with E-state index in [9.17, 15) is 14.4 Å². The predicted molar refractivity (Wildman–Crippen MR) is 101 cm³/mol. The molecular weight excluding hydrogens is 346 g/mol. The fourth-order valence-electron chi connectivity index (χ4n) is 4.04. The first-order chi connectivity index (χ1) is 13.0. The molecule has 3 amide bonds. The summed E-state index contributed by atoms with van der Waals surface area (Å²) in [6, 6.07) is 0. The van der Waals surface area contributed by atoms with Crippen LogP contribution in [0.4, 0.5) is 5.69 Å². The molecule has 8 heteroatoms. The Kier molecular flexibility index (Phi) is 5.93. The zero-order valence-electron chi connectivity index (χ0n) is 15.7. The van der Waals surface area contributed by atoms with Crippen molar-refractivity contribution in [2.24, 2.45) is 5.92 Å². The second-order valence-corrected chi connectivity index (χ2v) is 7.31. The molecular formula is C19H27N5O3. The number of hydrogen-bond acceptors (Lipinski definition) is 4. The number of aromatic amines is 1. The summed E-state index contributed by atoms with van der Waals surface area (Å²) in [5.74, 6) is 0.0700. The monoisotopic (exact) mass is 373 g/mol. The van der Waals surface area contributed by atoms with Crippen molar-refractivity contribution in [2.45, 2.75) is 38.5 Å². The maximum Gasteiger partial charge on any atom is 0.245 e. The lowest BCUT2D eigenvalue weighted by atomic mass is 9.90. The Bertz CT molecular complexity index is 721. The lowest BCUT2D eigenvalue weighted by Gasteiger charge is -2.37. The molecule has 2 aliphatic rings. The van der Waals surface area contributed by atoms with Crippen LogP contribution in [0.3, 0.4) is 0 Å². The molecule has 0 aromatic carbocycles. The van der Waals surface area contributed by atoms with Crippen LogP contribution in [-0.2, 0) is 14.4 Å². The van der Waals surface area contributed by atoms with Gasteiger partial charge in [-0.3, -0.25) is 19.5 Å². The van der Waals surface area contributed by atoms with E-state index in [1.807, 2.05) is 4.90 Å². The molecule has 2 aliphatic heterocycles. The van der Waals surface area contributed by atoms with Crippen molar-refractivity contribution in [1.29, 1.82) is 0 Å². The van der Waals surface area contributed by atoms with Gasteiger partial charge in [-0.1, -0.05) is 6.58 Å². The molecule has 8 nitrogen and oxygen atoms in total. The average Bonchev–Trinajstić information content (AvgIpc) is 3.14. The Balaban J connectivity index is 1.61. The highest BCUT2D eigenvalue weighted by Crippen LogP contribution is 2.32. The fourth-order valence-corrected chi connectivity index (χ4v) is 4.04. The summed E-state index contributed by atoms with van der Waals surface area (Å²) in [5.41, 5.74) is 1.58. The van der Waals surface area contributed by atoms with Crippen LogP contribution in [0.2, 0.25) is 0 Å². The van der Waals surface area contributed by atoms with E-state index in [-0.39, 0.29) is 29.6 Å². The van der Waals surface area contributed by atoms with E-state index in [1.54, 1.807) is 11.1 Å². The van der Waals surface area contributed by atoms with E-state index in [0.29, 0.717) is 38.2 Å². The van der Waals surface area contributed by atoms with Gasteiger partial charge in [0.2, 0.25) is 17.7 Å². The molecule has 2 N–H and O–H groups in total. The smallest absolute Gasteiger partial charge is 0.245 e. The minimum absolute atomic E-state index is 0.0332. The van der Waals surface area contributed by atoms with Gasteiger partial charge in [0, 0.05) is 44.9 Å². The Morgan fingerprint density at radius 2 is 1.96 bits per heavy atom. The number of likely N-dealkylation sites (tertiary alicyclic amines) is 2. The second-order valence-electron chi connectivity index (χ2n) is 7.31. The SMILES string of the molecule is C=CC(=O)N1CCC(C(=O)N2CCCC(c3[nH]ncc3NC(C)=O)C2)CC1. The largest absolute Gasteiger partial charge is 0.342 e. The van der Waals surface area contributed by atoms with Crippen molar-refractivity contribution in [3.05, 3.63) is 24.5 Å². The van der Waals surface area contributed by atoms with E-state index in [0.717, 1.165) is 25.1 Å². The number of hydrogen-bond donors (Lipinski definition) is 2. The fraction of sp³-hybridized carbons (Fsp3) is 0.579. The molecule has 3 rings (SSSR count). The number of anilines is 1. The molecule has 1 atom stereocenters. The van der Waals surface area contributed by atoms with Gasteiger partial charge < -0.3 is 15.1 Å². The maximum absolute atomic E-state index is 13.0. The summed E-state index contributed by atoms with van der Waals surface area (Å²) < 4.78 is 0. The third kappa shape index (κ3) is 4.37. The van der Waals surface area contributed by atoms with Crippen LogP contribution in [0.1, 0.15) is 44.2 Å². The number of H-pyrrole nitrogens is 1. The van der Waals surface area contributed by atoms with Gasteiger partial charge in [0.1, 0.15) is 0 Å². The molecule has 0 bridgehead atoms. The van der Waals surface area contributed by atoms with E-state index in [2.05, 4.69) is 22.1 Å². The molecule has 1 aromatic heterocycles. The number of amides is 3. The van der Waals surface area contributed by atoms with Crippen LogP contribution >= 0.6 is 0 Å². The van der Waals surface area contributed by atoms with Gasteiger partial charge in [-0.15, -0.1) is 0 Å². The van der Waals surface area contributed by atoms with Crippen LogP contribution in [0.15, 0.2) is 18.9 Å². The number of carbonyl (C=O) groups excluding carboxylic acids is 3. The van der Waals surface area contributed by atoms with Gasteiger partial charge in [-0.2, -0.15) is 5.10 Å². The average molecular weight is 373 g/mol. The topological polar surface area (TPSA) is 98.4 Å². The van der Waals surface area contributed by atoms with E-state index >= 15 is 0 Å². The summed E-state index contributed by atoms with van der Waals surface area (Å²) >= 11 is 0. The first-order valence-electron chi connectivity index (χ1n) is 9.50. The normalized spacial score (nSPS) is 21.0. The van der Waals surface area contributed by atoms with E-state index in [1.165, 1.54) is 13.0 Å². The van der Waals surface area contributed by atoms with Crippen molar-refractivity contribution in [3.8, 4) is 0 Å². The molecule has 1 aromatic rings. The Morgan fingerprint density at radius 3 is 2.63 bits per heavy atom. The number of piperidine rings is 2. The minimum atomic E-state index is -0.137. The summed E-state index contributed by atoms with van der Waals surface area (Å²) in [7, 11) is 0. The number of nitrogens with zero attached hydrogens (tertiary/aromatic N) is 3. The molecule has 0 aliphatic carbocycles. The summed E-state index contributed by atoms with van der Waals surface area (Å²) in [5, 5.41) is 9.84. The van der Waals surface area contributed by atoms with Crippen molar-refractivity contribution < 1.29 is 14.4 Å². The lowest BCUT2D eigenvalue weighted by Crippen LogP contribution is -2.46. The zero-order valence-corrected chi connectivity index (χ0v) is 15.7. The van der Waals surface area contributed by atoms with Gasteiger partial charge in [0.05, 0.1) is 17.6 Å². The van der Waals surface area contributed by atoms with Crippen LogP contribution < -0.4 is 5.32 Å². The molecule has 0 radical (unpaired) electrons. The molecule has 27 heavy (non-hydrogen) atoms. The van der Waals surface area contributed by atoms with Crippen molar-refractivity contribution in [2.75, 3.05) is 31.5 Å². The van der Waals surface area contributed by atoms with Crippen LogP contribution in [0.5, 0.6) is 0 Å². The standard InChI is InChI=1S/C19H27N5O3/c1-3-17(26)23-9-6-14(7-10-23)19(27)24-8-4-5-15(12-24)18-16(11-20-22-18)21-13(2)25/h3,11,14-15H,1,4-10,12H2,2H3,(H,20,22)(H,21,25). The third-order valence-electron chi connectivity index (χ3n) is 5.45. The number of nitrogens with one attached hydrogen (secondary N) is 2. The molecule has 0 saturated carbocycles. The van der Waals surface area contributed by atoms with Gasteiger partial charge in [0.25, 0.3) is 0 Å². The van der Waals surface area contributed by atoms with E-state index in [4.69, 9.17) is 0 Å². The van der Waals surface area contributed by atoms with Gasteiger partial charge >= 0.3 is 0 Å². The number of rotatable bonds is 4. The highest BCUT2D eigenvalue weighted by atomic mass is 16.2. The number of carbonyl (C=O) groups is 3. The first kappa shape index (κ1) is 19.1. The van der Waals surface area contributed by atoms with Crippen molar-refractivity contribution in [3.63, 3.8) is 0 Å². The summed E-state index contributed by atoms with van der Waals surface area (Å²) in [6.45, 7) is 7.57. The number of aromatic nitrogens is 2. The third-order valence-corrected chi connectivity index (χ3v) is 5.45. The van der Waals surface area contributed by atoms with Crippen LogP contribution in [-0.4, -0.2) is 63.9 Å². The summed E-state index contributed by atoms with van der Waals surface area (Å²) in [4.78, 5) is 39.7. The summed E-state index contributed by atoms with van der Waals surface area (Å²) in [6.07, 6.45) is 6.20. The Labute approximate surface area is 159 Å². The van der Waals surface area contributed by atoms with Crippen LogP contribution in [0, 0.1) is 5.92 Å². The van der Waals surface area contributed by atoms with Crippen molar-refractivity contribution in [1.82, 2.24) is 20.0 Å². The first-order valence-corrected chi connectivity index (χ1v) is 9.50. The van der Waals surface area contributed by atoms with Crippen molar-refractivity contribution >= 4 is 23.4 Å². The molecule has 1 unspecified atom stereocenters. The second kappa shape index (κ2) is 8.37. The maximum atomic E-state index is 13.0. The molecule has 2 fully saturated rings. The molecule has 146 valence electrons. The Morgan fingerprint density at radius 1 is 1.22 bits per heavy atom. The molecule has 0 spiro atoms. The lowest BCUT2D eigenvalue weighted by molar-refractivity contribution is -0.140. The molecule has 3 heterocycles. The highest BCUT2D eigenvalue weighted by Gasteiger charge is 2.33. The van der Waals surface area contributed by atoms with Gasteiger partial charge in [-0.25, -0.2) is 0 Å². The Hall–Kier alpha value is -2.64. The minimum Gasteiger partial charge on any atom is -0.342 e. The predicted octanol–water partition coefficient (Wildman–Crippen LogP) is 1.50. The highest BCUT2D eigenvalue weighted by molar-refractivity contribution is 5.89. The van der Waals surface area contributed by atoms with Crippen LogP contribution in [0.25, 0.3) is 0 Å². The van der Waals surface area contributed by atoms with Gasteiger partial charge in [0.15, 0.2) is 0 Å². The zero-order chi connectivity index (χ0) is 19.4. The quantitative estimate of drug-likeness (QED) is 0.782. The molecule has 2 saturated heterocycles. The van der Waals surface area contributed by atoms with E-state index < -0.39 is 0 Å². The van der Waals surface area contributed by atoms with Gasteiger partial charge in [-0.05, 0) is 31.8 Å².